The van der Waals surface area contributed by atoms with Gasteiger partial charge in [-0.05, 0) is 30.7 Å². The van der Waals surface area contributed by atoms with Crippen LogP contribution in [0.1, 0.15) is 61.3 Å². The Morgan fingerprint density at radius 2 is 1.68 bits per heavy atom. The summed E-state index contributed by atoms with van der Waals surface area (Å²) in [6, 6.07) is 4.60. The average molecular weight is 447 g/mol. The fourth-order valence-corrected chi connectivity index (χ4v) is 4.32. The van der Waals surface area contributed by atoms with Crippen molar-refractivity contribution in [2.24, 2.45) is 0 Å². The molecule has 1 N–H and O–H groups in total. The van der Waals surface area contributed by atoms with Crippen LogP contribution in [0, 0.1) is 0 Å². The molecular weight excluding hydrogens is 416 g/mol. The van der Waals surface area contributed by atoms with Gasteiger partial charge in [-0.25, -0.2) is 0 Å². The Bertz CT molecular complexity index is 817. The molecule has 1 aromatic carbocycles. The van der Waals surface area contributed by atoms with Crippen LogP contribution in [-0.2, 0) is 14.3 Å². The molecule has 0 saturated carbocycles. The highest BCUT2D eigenvalue weighted by Gasteiger charge is 2.46. The third kappa shape index (κ3) is 5.43. The van der Waals surface area contributed by atoms with Gasteiger partial charge in [0.25, 0.3) is 11.8 Å². The minimum atomic E-state index is -1.05. The number of carbonyl (C=O) groups excluding carboxylic acids is 4. The second kappa shape index (κ2) is 11.2. The highest BCUT2D eigenvalue weighted by atomic mass is 32.2. The number of amides is 3. The molecule has 0 unspecified atom stereocenters. The molecule has 0 bridgehead atoms. The third-order valence-electron chi connectivity index (χ3n) is 5.20. The fourth-order valence-electron chi connectivity index (χ4n) is 3.67. The first kappa shape index (κ1) is 24.8. The van der Waals surface area contributed by atoms with Crippen molar-refractivity contribution in [3.8, 4) is 0 Å². The Hall–Kier alpha value is -2.45. The van der Waals surface area contributed by atoms with Gasteiger partial charge in [-0.15, -0.1) is 6.58 Å². The number of imide groups is 1. The third-order valence-corrected chi connectivity index (χ3v) is 6.00. The number of rotatable bonds is 11. The van der Waals surface area contributed by atoms with E-state index in [-0.39, 0.29) is 22.3 Å². The van der Waals surface area contributed by atoms with Crippen LogP contribution in [0.15, 0.2) is 36.9 Å². The largest absolute Gasteiger partial charge is 0.364 e. The molecular formula is C23H30N2O5S. The number of thioether (sulfide) groups is 1. The van der Waals surface area contributed by atoms with Gasteiger partial charge < -0.3 is 10.1 Å². The van der Waals surface area contributed by atoms with Gasteiger partial charge in [0.1, 0.15) is 6.10 Å². The van der Waals surface area contributed by atoms with Crippen LogP contribution in [-0.4, -0.2) is 57.8 Å². The number of nitrogens with zero attached hydrogens (tertiary/aromatic N) is 1. The van der Waals surface area contributed by atoms with Crippen molar-refractivity contribution in [2.45, 2.75) is 64.8 Å². The summed E-state index contributed by atoms with van der Waals surface area (Å²) >= 11 is 1.08. The van der Waals surface area contributed by atoms with Gasteiger partial charge in [0.15, 0.2) is 0 Å². The molecule has 8 heteroatoms. The summed E-state index contributed by atoms with van der Waals surface area (Å²) in [5.41, 5.74) is 0.570. The highest BCUT2D eigenvalue weighted by molar-refractivity contribution is 8.13. The maximum absolute atomic E-state index is 13.1. The van der Waals surface area contributed by atoms with Crippen LogP contribution in [0.3, 0.4) is 0 Å². The Kier molecular flexibility index (Phi) is 9.00. The van der Waals surface area contributed by atoms with E-state index in [9.17, 15) is 19.2 Å². The number of benzene rings is 1. The number of fused-ring (bicyclic) bond motifs is 1. The van der Waals surface area contributed by atoms with E-state index in [1.54, 1.807) is 24.3 Å². The number of carbonyl (C=O) groups is 4. The molecule has 1 aliphatic heterocycles. The molecule has 0 radical (unpaired) electrons. The fraction of sp³-hybridized carbons (Fsp3) is 0.478. The molecule has 0 fully saturated rings. The van der Waals surface area contributed by atoms with E-state index in [1.165, 1.54) is 13.0 Å². The van der Waals surface area contributed by atoms with Crippen molar-refractivity contribution in [3.63, 3.8) is 0 Å². The normalized spacial score (nSPS) is 16.1. The molecule has 1 aromatic rings. The zero-order chi connectivity index (χ0) is 23.1. The lowest BCUT2D eigenvalue weighted by Crippen LogP contribution is -2.60. The molecule has 31 heavy (non-hydrogen) atoms. The number of ether oxygens (including phenoxy) is 1. The van der Waals surface area contributed by atoms with Crippen molar-refractivity contribution in [1.29, 1.82) is 0 Å². The molecule has 7 nitrogen and oxygen atoms in total. The predicted molar refractivity (Wildman–Crippen MR) is 121 cm³/mol. The Morgan fingerprint density at radius 3 is 2.10 bits per heavy atom. The van der Waals surface area contributed by atoms with Crippen molar-refractivity contribution in [3.05, 3.63) is 48.0 Å². The minimum Gasteiger partial charge on any atom is -0.364 e. The number of nitrogens with one attached hydrogen (secondary N) is 1. The first-order valence-electron chi connectivity index (χ1n) is 10.5. The summed E-state index contributed by atoms with van der Waals surface area (Å²) in [7, 11) is 0. The Balaban J connectivity index is 2.50. The molecule has 3 atom stereocenters. The number of hydrogen-bond donors (Lipinski definition) is 1. The first-order chi connectivity index (χ1) is 14.8. The summed E-state index contributed by atoms with van der Waals surface area (Å²) in [4.78, 5) is 52.3. The van der Waals surface area contributed by atoms with E-state index in [0.717, 1.165) is 16.7 Å². The Morgan fingerprint density at radius 1 is 1.13 bits per heavy atom. The lowest BCUT2D eigenvalue weighted by molar-refractivity contribution is -0.132. The molecule has 1 aliphatic rings. The molecule has 0 aliphatic carbocycles. The van der Waals surface area contributed by atoms with E-state index < -0.39 is 35.9 Å². The van der Waals surface area contributed by atoms with Gasteiger partial charge in [-0.2, -0.15) is 0 Å². The number of hydrogen-bond acceptors (Lipinski definition) is 6. The van der Waals surface area contributed by atoms with Gasteiger partial charge in [-0.1, -0.05) is 50.7 Å². The van der Waals surface area contributed by atoms with Crippen LogP contribution in [0.5, 0.6) is 0 Å². The highest BCUT2D eigenvalue weighted by Crippen LogP contribution is 2.29. The average Bonchev–Trinajstić information content (AvgIpc) is 3.00. The van der Waals surface area contributed by atoms with E-state index in [1.807, 2.05) is 20.8 Å². The lowest BCUT2D eigenvalue weighted by Gasteiger charge is -2.36. The summed E-state index contributed by atoms with van der Waals surface area (Å²) < 4.78 is 6.13. The van der Waals surface area contributed by atoms with Crippen LogP contribution in [0.2, 0.25) is 0 Å². The molecule has 0 saturated heterocycles. The lowest BCUT2D eigenvalue weighted by atomic mass is 10.00. The summed E-state index contributed by atoms with van der Waals surface area (Å²) in [6.07, 6.45) is 1.50. The SMILES string of the molecule is C=C[C@@H]([C@@H](NC(C)=O)[C@H](OC(CC)CC)C(=O)SCC)N1C(=O)c2ccccc2C1=O. The quantitative estimate of drug-likeness (QED) is 0.415. The molecule has 0 spiro atoms. The minimum absolute atomic E-state index is 0.213. The molecule has 1 heterocycles. The van der Waals surface area contributed by atoms with Crippen LogP contribution in [0.4, 0.5) is 0 Å². The first-order valence-corrected chi connectivity index (χ1v) is 11.5. The second-order valence-corrected chi connectivity index (χ2v) is 8.49. The Labute approximate surface area is 187 Å². The van der Waals surface area contributed by atoms with Gasteiger partial charge in [0, 0.05) is 6.92 Å². The van der Waals surface area contributed by atoms with Crippen molar-refractivity contribution < 1.29 is 23.9 Å². The van der Waals surface area contributed by atoms with E-state index in [2.05, 4.69) is 11.9 Å². The molecule has 2 rings (SSSR count). The van der Waals surface area contributed by atoms with Crippen LogP contribution in [0.25, 0.3) is 0 Å². The summed E-state index contributed by atoms with van der Waals surface area (Å²) in [5.74, 6) is -0.850. The zero-order valence-corrected chi connectivity index (χ0v) is 19.2. The topological polar surface area (TPSA) is 92.8 Å². The summed E-state index contributed by atoms with van der Waals surface area (Å²) in [5, 5.41) is 2.49. The van der Waals surface area contributed by atoms with Crippen LogP contribution < -0.4 is 5.32 Å². The van der Waals surface area contributed by atoms with Crippen molar-refractivity contribution in [2.75, 3.05) is 5.75 Å². The monoisotopic (exact) mass is 446 g/mol. The van der Waals surface area contributed by atoms with E-state index in [0.29, 0.717) is 18.6 Å². The van der Waals surface area contributed by atoms with Crippen molar-refractivity contribution >= 4 is 34.6 Å². The molecule has 3 amide bonds. The second-order valence-electron chi connectivity index (χ2n) is 7.23. The standard InChI is InChI=1S/C23H30N2O5S/c1-6-15(7-2)30-20(23(29)31-9-4)19(24-14(5)26)18(8-3)25-21(27)16-12-10-11-13-17(16)22(25)28/h8,10-13,15,18-20H,3,6-7,9H2,1-2,4-5H3,(H,24,26)/t18-,19+,20-/m0/s1. The smallest absolute Gasteiger partial charge is 0.262 e. The van der Waals surface area contributed by atoms with Gasteiger partial charge in [0.05, 0.1) is 29.3 Å². The predicted octanol–water partition coefficient (Wildman–Crippen LogP) is 3.20. The molecule has 0 aromatic heterocycles. The van der Waals surface area contributed by atoms with Crippen molar-refractivity contribution in [1.82, 2.24) is 10.2 Å². The van der Waals surface area contributed by atoms with Gasteiger partial charge in [0.2, 0.25) is 11.0 Å². The van der Waals surface area contributed by atoms with E-state index >= 15 is 0 Å². The van der Waals surface area contributed by atoms with Gasteiger partial charge in [-0.3, -0.25) is 24.1 Å². The van der Waals surface area contributed by atoms with E-state index in [4.69, 9.17) is 4.74 Å². The maximum atomic E-state index is 13.1. The zero-order valence-electron chi connectivity index (χ0n) is 18.4. The van der Waals surface area contributed by atoms with Gasteiger partial charge >= 0.3 is 0 Å². The summed E-state index contributed by atoms with van der Waals surface area (Å²) in [6.45, 7) is 10.9. The maximum Gasteiger partial charge on any atom is 0.262 e. The molecule has 168 valence electrons. The van der Waals surface area contributed by atoms with Crippen LogP contribution >= 0.6 is 11.8 Å².